The Labute approximate surface area is 115 Å². The topological polar surface area (TPSA) is 32.3 Å². The molecule has 19 heavy (non-hydrogen) atoms. The van der Waals surface area contributed by atoms with Crippen LogP contribution < -0.4 is 5.32 Å². The van der Waals surface area contributed by atoms with Crippen molar-refractivity contribution in [2.24, 2.45) is 0 Å². The van der Waals surface area contributed by atoms with Crippen molar-refractivity contribution in [3.05, 3.63) is 61.2 Å². The Balaban J connectivity index is 3.01. The normalized spacial score (nSPS) is 13.6. The van der Waals surface area contributed by atoms with E-state index in [-0.39, 0.29) is 18.0 Å². The van der Waals surface area contributed by atoms with Gasteiger partial charge < -0.3 is 5.32 Å². The monoisotopic (exact) mass is 258 g/mol. The van der Waals surface area contributed by atoms with E-state index in [4.69, 9.17) is 0 Å². The summed E-state index contributed by atoms with van der Waals surface area (Å²) in [5.74, 6) is -0.0559. The summed E-state index contributed by atoms with van der Waals surface area (Å²) in [6.07, 6.45) is 3.47. The molecule has 0 aromatic heterocycles. The van der Waals surface area contributed by atoms with Crippen LogP contribution in [0.3, 0.4) is 0 Å². The zero-order chi connectivity index (χ0) is 14.3. The summed E-state index contributed by atoms with van der Waals surface area (Å²) in [4.78, 5) is 14.0. The molecule has 1 N–H and O–H groups in total. The van der Waals surface area contributed by atoms with Crippen LogP contribution in [0.2, 0.25) is 0 Å². The summed E-state index contributed by atoms with van der Waals surface area (Å²) in [6.45, 7) is 10.2. The van der Waals surface area contributed by atoms with Gasteiger partial charge in [-0.25, -0.2) is 0 Å². The molecule has 102 valence electrons. The lowest BCUT2D eigenvalue weighted by Crippen LogP contribution is -2.45. The molecule has 0 bridgehead atoms. The minimum atomic E-state index is -0.363. The molecule has 1 rings (SSSR count). The lowest BCUT2D eigenvalue weighted by Gasteiger charge is -2.33. The lowest BCUT2D eigenvalue weighted by atomic mass is 10.0. The van der Waals surface area contributed by atoms with Gasteiger partial charge in [-0.05, 0) is 12.5 Å². The van der Waals surface area contributed by atoms with Crippen molar-refractivity contribution < 1.29 is 4.79 Å². The van der Waals surface area contributed by atoms with E-state index in [0.717, 1.165) is 0 Å². The summed E-state index contributed by atoms with van der Waals surface area (Å²) in [5.41, 5.74) is 1.17. The number of amides is 1. The molecule has 0 aliphatic rings. The van der Waals surface area contributed by atoms with Crippen molar-refractivity contribution in [2.45, 2.75) is 19.0 Å². The Kier molecular flexibility index (Phi) is 6.03. The third-order valence-corrected chi connectivity index (χ3v) is 3.21. The van der Waals surface area contributed by atoms with Crippen LogP contribution in [0.5, 0.6) is 0 Å². The minimum absolute atomic E-state index is 0.0559. The van der Waals surface area contributed by atoms with Gasteiger partial charge in [0, 0.05) is 19.6 Å². The first-order valence-corrected chi connectivity index (χ1v) is 6.41. The molecule has 3 nitrogen and oxygen atoms in total. The zero-order valence-corrected chi connectivity index (χ0v) is 11.7. The maximum absolute atomic E-state index is 11.9. The van der Waals surface area contributed by atoms with Crippen molar-refractivity contribution >= 4 is 5.91 Å². The van der Waals surface area contributed by atoms with Crippen LogP contribution in [0.15, 0.2) is 55.6 Å². The average molecular weight is 258 g/mol. The lowest BCUT2D eigenvalue weighted by molar-refractivity contribution is -0.124. The van der Waals surface area contributed by atoms with E-state index in [0.29, 0.717) is 6.54 Å². The van der Waals surface area contributed by atoms with Gasteiger partial charge in [-0.2, -0.15) is 0 Å². The molecule has 0 radical (unpaired) electrons. The van der Waals surface area contributed by atoms with Gasteiger partial charge in [0.25, 0.3) is 0 Å². The number of carbonyl (C=O) groups excluding carboxylic acids is 1. The van der Waals surface area contributed by atoms with E-state index >= 15 is 0 Å². The Hall–Kier alpha value is -1.87. The van der Waals surface area contributed by atoms with Crippen LogP contribution in [0.4, 0.5) is 0 Å². The van der Waals surface area contributed by atoms with Gasteiger partial charge in [0.2, 0.25) is 5.91 Å². The second-order valence-corrected chi connectivity index (χ2v) is 4.37. The molecule has 1 amide bonds. The molecular formula is C16H22N2O. The third-order valence-electron chi connectivity index (χ3n) is 3.21. The zero-order valence-electron chi connectivity index (χ0n) is 11.7. The first kappa shape index (κ1) is 15.2. The molecule has 0 unspecified atom stereocenters. The van der Waals surface area contributed by atoms with Gasteiger partial charge in [-0.15, -0.1) is 13.2 Å². The highest BCUT2D eigenvalue weighted by atomic mass is 16.2. The largest absolute Gasteiger partial charge is 0.358 e. The number of likely N-dealkylation sites (N-methyl/N-ethyl adjacent to an activating group) is 1. The number of hydrogen-bond acceptors (Lipinski definition) is 2. The van der Waals surface area contributed by atoms with Crippen LogP contribution in [0.1, 0.15) is 18.5 Å². The molecule has 3 heteroatoms. The standard InChI is InChI=1S/C16H22N2O/c1-5-12-18(15(6-2)16(19)17-4)13(3)14-10-8-7-9-11-14/h5-11,13,15H,1-2,12H2,3-4H3,(H,17,19)/t13-,15-/m0/s1. The summed E-state index contributed by atoms with van der Waals surface area (Å²) in [7, 11) is 1.64. The Morgan fingerprint density at radius 3 is 2.47 bits per heavy atom. The Morgan fingerprint density at radius 2 is 2.00 bits per heavy atom. The Bertz CT molecular complexity index is 428. The molecule has 0 saturated carbocycles. The number of hydrogen-bond donors (Lipinski definition) is 1. The molecule has 0 spiro atoms. The number of carbonyl (C=O) groups is 1. The number of nitrogens with one attached hydrogen (secondary N) is 1. The molecule has 0 heterocycles. The van der Waals surface area contributed by atoms with E-state index in [1.54, 1.807) is 19.2 Å². The summed E-state index contributed by atoms with van der Waals surface area (Å²) in [6, 6.07) is 9.85. The fourth-order valence-electron chi connectivity index (χ4n) is 2.13. The van der Waals surface area contributed by atoms with Gasteiger partial charge >= 0.3 is 0 Å². The fourth-order valence-corrected chi connectivity index (χ4v) is 2.13. The van der Waals surface area contributed by atoms with Gasteiger partial charge in [0.1, 0.15) is 6.04 Å². The molecule has 1 aromatic rings. The summed E-state index contributed by atoms with van der Waals surface area (Å²) < 4.78 is 0. The number of nitrogens with zero attached hydrogens (tertiary/aromatic N) is 1. The maximum atomic E-state index is 11.9. The molecule has 0 fully saturated rings. The van der Waals surface area contributed by atoms with E-state index < -0.39 is 0 Å². The van der Waals surface area contributed by atoms with E-state index in [2.05, 4.69) is 42.4 Å². The molecular weight excluding hydrogens is 236 g/mol. The van der Waals surface area contributed by atoms with E-state index in [1.165, 1.54) is 5.56 Å². The second-order valence-electron chi connectivity index (χ2n) is 4.37. The predicted molar refractivity (Wildman–Crippen MR) is 79.8 cm³/mol. The molecule has 2 atom stereocenters. The van der Waals surface area contributed by atoms with Crippen molar-refractivity contribution in [3.8, 4) is 0 Å². The first-order chi connectivity index (χ1) is 9.15. The SMILES string of the molecule is C=CCN([C@@H](C=C)C(=O)NC)[C@@H](C)c1ccccc1. The van der Waals surface area contributed by atoms with Crippen LogP contribution in [-0.4, -0.2) is 30.4 Å². The van der Waals surface area contributed by atoms with E-state index in [9.17, 15) is 4.79 Å². The predicted octanol–water partition coefficient (Wildman–Crippen LogP) is 2.54. The number of rotatable bonds is 7. The minimum Gasteiger partial charge on any atom is -0.358 e. The van der Waals surface area contributed by atoms with Crippen molar-refractivity contribution in [1.82, 2.24) is 10.2 Å². The van der Waals surface area contributed by atoms with Crippen LogP contribution in [0.25, 0.3) is 0 Å². The van der Waals surface area contributed by atoms with Gasteiger partial charge in [-0.1, -0.05) is 42.5 Å². The fraction of sp³-hybridized carbons (Fsp3) is 0.312. The first-order valence-electron chi connectivity index (χ1n) is 6.41. The van der Waals surface area contributed by atoms with E-state index in [1.807, 2.05) is 18.2 Å². The highest BCUT2D eigenvalue weighted by Gasteiger charge is 2.26. The molecule has 0 aliphatic carbocycles. The van der Waals surface area contributed by atoms with Crippen LogP contribution in [0, 0.1) is 0 Å². The van der Waals surface area contributed by atoms with Crippen molar-refractivity contribution in [1.29, 1.82) is 0 Å². The van der Waals surface area contributed by atoms with Gasteiger partial charge in [-0.3, -0.25) is 9.69 Å². The quantitative estimate of drug-likeness (QED) is 0.762. The van der Waals surface area contributed by atoms with Gasteiger partial charge in [0.15, 0.2) is 0 Å². The van der Waals surface area contributed by atoms with Gasteiger partial charge in [0.05, 0.1) is 0 Å². The van der Waals surface area contributed by atoms with Crippen LogP contribution in [-0.2, 0) is 4.79 Å². The highest BCUT2D eigenvalue weighted by Crippen LogP contribution is 2.22. The highest BCUT2D eigenvalue weighted by molar-refractivity contribution is 5.83. The van der Waals surface area contributed by atoms with Crippen LogP contribution >= 0.6 is 0 Å². The Morgan fingerprint density at radius 1 is 1.37 bits per heavy atom. The molecule has 1 aromatic carbocycles. The summed E-state index contributed by atoms with van der Waals surface area (Å²) in [5, 5.41) is 2.68. The maximum Gasteiger partial charge on any atom is 0.241 e. The number of benzene rings is 1. The van der Waals surface area contributed by atoms with Crippen molar-refractivity contribution in [2.75, 3.05) is 13.6 Å². The molecule has 0 aliphatic heterocycles. The summed E-state index contributed by atoms with van der Waals surface area (Å²) >= 11 is 0. The second kappa shape index (κ2) is 7.54. The van der Waals surface area contributed by atoms with Crippen molar-refractivity contribution in [3.63, 3.8) is 0 Å². The smallest absolute Gasteiger partial charge is 0.241 e. The average Bonchev–Trinajstić information content (AvgIpc) is 2.47. The third kappa shape index (κ3) is 3.80. The molecule has 0 saturated heterocycles.